The van der Waals surface area contributed by atoms with E-state index in [1.165, 1.54) is 5.56 Å². The molecule has 0 spiro atoms. The normalized spacial score (nSPS) is 11.5. The first-order valence-electron chi connectivity index (χ1n) is 6.34. The summed E-state index contributed by atoms with van der Waals surface area (Å²) in [7, 11) is 0. The van der Waals surface area contributed by atoms with Crippen molar-refractivity contribution < 1.29 is 0 Å². The first kappa shape index (κ1) is 12.2. The van der Waals surface area contributed by atoms with E-state index in [4.69, 9.17) is 0 Å². The fourth-order valence-corrected chi connectivity index (χ4v) is 2.77. The van der Waals surface area contributed by atoms with Crippen LogP contribution in [0.1, 0.15) is 36.2 Å². The minimum atomic E-state index is 0.336. The summed E-state index contributed by atoms with van der Waals surface area (Å²) in [5.74, 6) is 1.27. The summed E-state index contributed by atoms with van der Waals surface area (Å²) >= 11 is 1.61. The molecule has 0 fully saturated rings. The number of rotatable bonds is 4. The Bertz CT molecular complexity index is 671. The molecule has 3 rings (SSSR count). The fourth-order valence-electron chi connectivity index (χ4n) is 1.93. The summed E-state index contributed by atoms with van der Waals surface area (Å²) in [6, 6.07) is 4.05. The first-order valence-corrected chi connectivity index (χ1v) is 7.15. The highest BCUT2D eigenvalue weighted by Crippen LogP contribution is 2.19. The van der Waals surface area contributed by atoms with E-state index in [9.17, 15) is 0 Å². The van der Waals surface area contributed by atoms with Crippen LogP contribution in [0.15, 0.2) is 24.5 Å². The monoisotopic (exact) mass is 273 g/mol. The van der Waals surface area contributed by atoms with Crippen LogP contribution >= 0.6 is 11.3 Å². The highest BCUT2D eigenvalue weighted by Gasteiger charge is 2.13. The number of aromatic nitrogens is 5. The van der Waals surface area contributed by atoms with Gasteiger partial charge < -0.3 is 0 Å². The Hall–Kier alpha value is -1.82. The Kier molecular flexibility index (Phi) is 3.25. The second-order valence-electron chi connectivity index (χ2n) is 4.76. The van der Waals surface area contributed by atoms with Crippen molar-refractivity contribution in [1.29, 1.82) is 0 Å². The number of nitrogens with zero attached hydrogens (tertiary/aromatic N) is 5. The van der Waals surface area contributed by atoms with Crippen molar-refractivity contribution in [3.05, 3.63) is 40.9 Å². The maximum absolute atomic E-state index is 4.60. The summed E-state index contributed by atoms with van der Waals surface area (Å²) in [4.78, 5) is 5.00. The molecule has 0 saturated carbocycles. The summed E-state index contributed by atoms with van der Waals surface area (Å²) < 4.78 is 1.87. The van der Waals surface area contributed by atoms with Crippen LogP contribution in [0.4, 0.5) is 0 Å². The van der Waals surface area contributed by atoms with Gasteiger partial charge in [0.05, 0.1) is 0 Å². The van der Waals surface area contributed by atoms with Gasteiger partial charge in [0.25, 0.3) is 0 Å². The number of aryl methyl sites for hydroxylation is 2. The van der Waals surface area contributed by atoms with Gasteiger partial charge in [0, 0.05) is 24.7 Å². The van der Waals surface area contributed by atoms with Gasteiger partial charge in [0.1, 0.15) is 5.01 Å². The van der Waals surface area contributed by atoms with Gasteiger partial charge in [-0.25, -0.2) is 0 Å². The number of hydrogen-bond donors (Lipinski definition) is 0. The van der Waals surface area contributed by atoms with Gasteiger partial charge in [-0.05, 0) is 18.1 Å². The van der Waals surface area contributed by atoms with Gasteiger partial charge in [-0.2, -0.15) is 9.61 Å². The molecule has 0 aliphatic rings. The topological polar surface area (TPSA) is 56.0 Å². The molecule has 3 heterocycles. The van der Waals surface area contributed by atoms with Gasteiger partial charge in [-0.3, -0.25) is 4.98 Å². The Morgan fingerprint density at radius 2 is 2.16 bits per heavy atom. The molecule has 0 saturated heterocycles. The van der Waals surface area contributed by atoms with Crippen molar-refractivity contribution >= 4 is 16.3 Å². The third-order valence-corrected chi connectivity index (χ3v) is 3.88. The number of hydrogen-bond acceptors (Lipinski definition) is 5. The maximum atomic E-state index is 4.60. The van der Waals surface area contributed by atoms with E-state index in [1.807, 2.05) is 16.8 Å². The van der Waals surface area contributed by atoms with Crippen molar-refractivity contribution in [3.8, 4) is 0 Å². The molecule has 0 aliphatic heterocycles. The summed E-state index contributed by atoms with van der Waals surface area (Å²) in [6.45, 7) is 4.20. The van der Waals surface area contributed by atoms with Gasteiger partial charge in [0.2, 0.25) is 4.96 Å². The molecule has 5 nitrogen and oxygen atoms in total. The van der Waals surface area contributed by atoms with E-state index in [-0.39, 0.29) is 0 Å². The van der Waals surface area contributed by atoms with Crippen molar-refractivity contribution in [1.82, 2.24) is 24.8 Å². The molecule has 3 aromatic heterocycles. The molecule has 0 unspecified atom stereocenters. The highest BCUT2D eigenvalue weighted by atomic mass is 32.1. The molecular formula is C13H15N5S. The lowest BCUT2D eigenvalue weighted by molar-refractivity contribution is 0.715. The third kappa shape index (κ3) is 2.49. The SMILES string of the molecule is CC(C)c1nnc2sc(CCc3cccnc3)nn12. The van der Waals surface area contributed by atoms with E-state index >= 15 is 0 Å². The van der Waals surface area contributed by atoms with E-state index in [0.717, 1.165) is 28.6 Å². The van der Waals surface area contributed by atoms with Crippen LogP contribution in [0.3, 0.4) is 0 Å². The molecule has 0 N–H and O–H groups in total. The van der Waals surface area contributed by atoms with Crippen LogP contribution in [0.2, 0.25) is 0 Å². The quantitative estimate of drug-likeness (QED) is 0.733. The van der Waals surface area contributed by atoms with Crippen LogP contribution < -0.4 is 0 Å². The number of fused-ring (bicyclic) bond motifs is 1. The Morgan fingerprint density at radius 3 is 2.89 bits per heavy atom. The van der Waals surface area contributed by atoms with E-state index in [2.05, 4.69) is 40.2 Å². The lowest BCUT2D eigenvalue weighted by atomic mass is 10.2. The lowest BCUT2D eigenvalue weighted by Crippen LogP contribution is -1.99. The van der Waals surface area contributed by atoms with Crippen molar-refractivity contribution in [2.45, 2.75) is 32.6 Å². The predicted molar refractivity (Wildman–Crippen MR) is 74.4 cm³/mol. The average Bonchev–Trinajstić information content (AvgIpc) is 2.96. The van der Waals surface area contributed by atoms with Crippen LogP contribution in [0, 0.1) is 0 Å². The maximum Gasteiger partial charge on any atom is 0.234 e. The Morgan fingerprint density at radius 1 is 1.26 bits per heavy atom. The molecule has 98 valence electrons. The van der Waals surface area contributed by atoms with Crippen LogP contribution in [0.5, 0.6) is 0 Å². The van der Waals surface area contributed by atoms with Crippen LogP contribution in [-0.4, -0.2) is 24.8 Å². The second-order valence-corrected chi connectivity index (χ2v) is 5.80. The van der Waals surface area contributed by atoms with Crippen molar-refractivity contribution in [3.63, 3.8) is 0 Å². The number of pyridine rings is 1. The zero-order chi connectivity index (χ0) is 13.2. The molecule has 0 radical (unpaired) electrons. The lowest BCUT2D eigenvalue weighted by Gasteiger charge is -1.98. The Balaban J connectivity index is 1.79. The van der Waals surface area contributed by atoms with Crippen LogP contribution in [0.25, 0.3) is 4.96 Å². The van der Waals surface area contributed by atoms with Crippen molar-refractivity contribution in [2.75, 3.05) is 0 Å². The summed E-state index contributed by atoms with van der Waals surface area (Å²) in [5, 5.41) is 14.0. The standard InChI is InChI=1S/C13H15N5S/c1-9(2)12-15-16-13-18(12)17-11(19-13)6-5-10-4-3-7-14-8-10/h3-4,7-9H,5-6H2,1-2H3. The van der Waals surface area contributed by atoms with Gasteiger partial charge >= 0.3 is 0 Å². The second kappa shape index (κ2) is 5.05. The summed E-state index contributed by atoms with van der Waals surface area (Å²) in [5.41, 5.74) is 1.23. The minimum absolute atomic E-state index is 0.336. The van der Waals surface area contributed by atoms with E-state index < -0.39 is 0 Å². The van der Waals surface area contributed by atoms with Gasteiger partial charge in [-0.1, -0.05) is 31.3 Å². The minimum Gasteiger partial charge on any atom is -0.264 e. The molecule has 0 atom stereocenters. The van der Waals surface area contributed by atoms with E-state index in [1.54, 1.807) is 17.5 Å². The molecule has 6 heteroatoms. The molecule has 3 aromatic rings. The highest BCUT2D eigenvalue weighted by molar-refractivity contribution is 7.16. The third-order valence-electron chi connectivity index (χ3n) is 2.92. The predicted octanol–water partition coefficient (Wildman–Crippen LogP) is 2.49. The molecular weight excluding hydrogens is 258 g/mol. The molecule has 0 bridgehead atoms. The first-order chi connectivity index (χ1) is 9.24. The molecule has 19 heavy (non-hydrogen) atoms. The Labute approximate surface area is 115 Å². The van der Waals surface area contributed by atoms with Crippen molar-refractivity contribution in [2.24, 2.45) is 0 Å². The van der Waals surface area contributed by atoms with Gasteiger partial charge in [-0.15, -0.1) is 10.2 Å². The summed E-state index contributed by atoms with van der Waals surface area (Å²) in [6.07, 6.45) is 5.56. The fraction of sp³-hybridized carbons (Fsp3) is 0.385. The smallest absolute Gasteiger partial charge is 0.234 e. The van der Waals surface area contributed by atoms with Crippen LogP contribution in [-0.2, 0) is 12.8 Å². The zero-order valence-electron chi connectivity index (χ0n) is 10.9. The molecule has 0 aliphatic carbocycles. The molecule has 0 amide bonds. The van der Waals surface area contributed by atoms with E-state index in [0.29, 0.717) is 5.92 Å². The zero-order valence-corrected chi connectivity index (χ0v) is 11.8. The van der Waals surface area contributed by atoms with Gasteiger partial charge in [0.15, 0.2) is 5.82 Å². The average molecular weight is 273 g/mol. The largest absolute Gasteiger partial charge is 0.264 e. The molecule has 0 aromatic carbocycles.